The maximum absolute atomic E-state index is 4.00. The molecule has 0 nitrogen and oxygen atoms in total. The first-order valence-corrected chi connectivity index (χ1v) is 9.71. The van der Waals surface area contributed by atoms with Crippen LogP contribution in [-0.4, -0.2) is 0 Å². The molecule has 0 aromatic carbocycles. The summed E-state index contributed by atoms with van der Waals surface area (Å²) in [6.07, 6.45) is 26.7. The van der Waals surface area contributed by atoms with Crippen LogP contribution in [0.5, 0.6) is 0 Å². The molecular formula is C22H42. The van der Waals surface area contributed by atoms with Crippen molar-refractivity contribution >= 4 is 0 Å². The Labute approximate surface area is 142 Å². The molecule has 0 radical (unpaired) electrons. The van der Waals surface area contributed by atoms with Crippen LogP contribution in [0.25, 0.3) is 0 Å². The van der Waals surface area contributed by atoms with Gasteiger partial charge in [-0.1, -0.05) is 85.3 Å². The molecule has 0 N–H and O–H groups in total. The van der Waals surface area contributed by atoms with Crippen LogP contribution < -0.4 is 0 Å². The number of allylic oxidation sites excluding steroid dienone is 2. The van der Waals surface area contributed by atoms with Crippen LogP contribution in [0.2, 0.25) is 0 Å². The molecule has 1 rings (SSSR count). The van der Waals surface area contributed by atoms with Crippen molar-refractivity contribution in [3.05, 3.63) is 12.2 Å². The SMILES string of the molecule is C#C.CCCCC.CCCCC/C=C/C1CCC(CC)C1C. The molecule has 0 heterocycles. The van der Waals surface area contributed by atoms with Crippen molar-refractivity contribution in [2.45, 2.75) is 98.8 Å². The minimum atomic E-state index is 0.886. The highest BCUT2D eigenvalue weighted by Crippen LogP contribution is 2.39. The van der Waals surface area contributed by atoms with E-state index in [1.54, 1.807) is 0 Å². The minimum Gasteiger partial charge on any atom is -0.124 e. The summed E-state index contributed by atoms with van der Waals surface area (Å²) in [5.74, 6) is 2.81. The monoisotopic (exact) mass is 306 g/mol. The predicted octanol–water partition coefficient (Wildman–Crippen LogP) is 7.64. The number of hydrogen-bond donors (Lipinski definition) is 0. The third-order valence-electron chi connectivity index (χ3n) is 4.88. The second-order valence-corrected chi connectivity index (χ2v) is 6.55. The Bertz CT molecular complexity index is 246. The molecule has 3 atom stereocenters. The van der Waals surface area contributed by atoms with Gasteiger partial charge in [-0.05, 0) is 43.4 Å². The van der Waals surface area contributed by atoms with Crippen molar-refractivity contribution in [1.82, 2.24) is 0 Å². The van der Waals surface area contributed by atoms with Crippen LogP contribution in [0, 0.1) is 30.6 Å². The van der Waals surface area contributed by atoms with Gasteiger partial charge in [-0.2, -0.15) is 0 Å². The summed E-state index contributed by atoms with van der Waals surface area (Å²) in [6.45, 7) is 11.5. The van der Waals surface area contributed by atoms with Gasteiger partial charge in [-0.25, -0.2) is 0 Å². The van der Waals surface area contributed by atoms with E-state index in [-0.39, 0.29) is 0 Å². The third kappa shape index (κ3) is 11.9. The quantitative estimate of drug-likeness (QED) is 0.245. The van der Waals surface area contributed by atoms with Gasteiger partial charge in [-0.3, -0.25) is 0 Å². The molecule has 1 aliphatic rings. The lowest BCUT2D eigenvalue weighted by Crippen LogP contribution is -2.08. The number of hydrogen-bond acceptors (Lipinski definition) is 0. The van der Waals surface area contributed by atoms with Crippen LogP contribution in [0.3, 0.4) is 0 Å². The van der Waals surface area contributed by atoms with Crippen molar-refractivity contribution in [1.29, 1.82) is 0 Å². The van der Waals surface area contributed by atoms with Gasteiger partial charge < -0.3 is 0 Å². The Hall–Kier alpha value is -0.700. The lowest BCUT2D eigenvalue weighted by molar-refractivity contribution is 0.369. The maximum atomic E-state index is 4.00. The molecule has 3 unspecified atom stereocenters. The fraction of sp³-hybridized carbons (Fsp3) is 0.818. The normalized spacial score (nSPS) is 23.5. The zero-order valence-corrected chi connectivity index (χ0v) is 16.1. The topological polar surface area (TPSA) is 0 Å². The molecule has 1 aliphatic carbocycles. The van der Waals surface area contributed by atoms with E-state index in [9.17, 15) is 0 Å². The molecule has 0 aliphatic heterocycles. The Balaban J connectivity index is 0. The Morgan fingerprint density at radius 3 is 1.86 bits per heavy atom. The van der Waals surface area contributed by atoms with Crippen LogP contribution >= 0.6 is 0 Å². The van der Waals surface area contributed by atoms with Gasteiger partial charge in [0, 0.05) is 0 Å². The smallest absolute Gasteiger partial charge is 0.0205 e. The summed E-state index contributed by atoms with van der Waals surface area (Å²) in [6, 6.07) is 0. The van der Waals surface area contributed by atoms with E-state index in [1.165, 1.54) is 64.2 Å². The fourth-order valence-electron chi connectivity index (χ4n) is 3.27. The van der Waals surface area contributed by atoms with E-state index in [0.29, 0.717) is 0 Å². The summed E-state index contributed by atoms with van der Waals surface area (Å²) in [7, 11) is 0. The largest absolute Gasteiger partial charge is 0.124 e. The van der Waals surface area contributed by atoms with E-state index in [4.69, 9.17) is 0 Å². The van der Waals surface area contributed by atoms with Gasteiger partial charge in [0.15, 0.2) is 0 Å². The first-order valence-electron chi connectivity index (χ1n) is 9.71. The lowest BCUT2D eigenvalue weighted by Gasteiger charge is -2.16. The zero-order valence-electron chi connectivity index (χ0n) is 16.1. The summed E-state index contributed by atoms with van der Waals surface area (Å²) in [4.78, 5) is 0. The zero-order chi connectivity index (χ0) is 17.2. The van der Waals surface area contributed by atoms with Crippen LogP contribution in [-0.2, 0) is 0 Å². The highest BCUT2D eigenvalue weighted by Gasteiger charge is 2.29. The van der Waals surface area contributed by atoms with Gasteiger partial charge in [0.2, 0.25) is 0 Å². The minimum absolute atomic E-state index is 0.886. The average Bonchev–Trinajstić information content (AvgIpc) is 2.91. The number of unbranched alkanes of at least 4 members (excludes halogenated alkanes) is 5. The van der Waals surface area contributed by atoms with Crippen molar-refractivity contribution in [2.75, 3.05) is 0 Å². The highest BCUT2D eigenvalue weighted by molar-refractivity contribution is 4.96. The van der Waals surface area contributed by atoms with Gasteiger partial charge in [-0.15, -0.1) is 12.8 Å². The van der Waals surface area contributed by atoms with Crippen molar-refractivity contribution in [3.63, 3.8) is 0 Å². The molecule has 0 heteroatoms. The van der Waals surface area contributed by atoms with E-state index in [0.717, 1.165) is 17.8 Å². The van der Waals surface area contributed by atoms with Gasteiger partial charge in [0.1, 0.15) is 0 Å². The van der Waals surface area contributed by atoms with Crippen molar-refractivity contribution in [2.24, 2.45) is 17.8 Å². The molecule has 0 spiro atoms. The first kappa shape index (κ1) is 23.6. The molecule has 0 aromatic heterocycles. The second-order valence-electron chi connectivity index (χ2n) is 6.55. The van der Waals surface area contributed by atoms with Crippen LogP contribution in [0.4, 0.5) is 0 Å². The molecule has 0 aromatic rings. The van der Waals surface area contributed by atoms with E-state index in [1.807, 2.05) is 0 Å². The summed E-state index contributed by atoms with van der Waals surface area (Å²) < 4.78 is 0. The highest BCUT2D eigenvalue weighted by atomic mass is 14.3. The Morgan fingerprint density at radius 2 is 1.45 bits per heavy atom. The van der Waals surface area contributed by atoms with Crippen molar-refractivity contribution < 1.29 is 0 Å². The first-order chi connectivity index (χ1) is 10.7. The van der Waals surface area contributed by atoms with Gasteiger partial charge in [0.25, 0.3) is 0 Å². The second kappa shape index (κ2) is 18.3. The van der Waals surface area contributed by atoms with E-state index < -0.39 is 0 Å². The standard InChI is InChI=1S/C15H28.C5H12.C2H2/c1-4-6-7-8-9-10-15-12-11-14(5-2)13(15)3;1-3-5-4-2;1-2/h9-10,13-15H,4-8,11-12H2,1-3H3;3-5H2,1-2H3;1-2H/b10-9+;;. The third-order valence-corrected chi connectivity index (χ3v) is 4.88. The number of rotatable bonds is 8. The average molecular weight is 307 g/mol. The van der Waals surface area contributed by atoms with Gasteiger partial charge in [0.05, 0.1) is 0 Å². The Kier molecular flexibility index (Phi) is 19.7. The summed E-state index contributed by atoms with van der Waals surface area (Å²) >= 11 is 0. The van der Waals surface area contributed by atoms with Crippen LogP contribution in [0.15, 0.2) is 12.2 Å². The fourth-order valence-corrected chi connectivity index (χ4v) is 3.27. The molecule has 0 bridgehead atoms. The maximum Gasteiger partial charge on any atom is -0.0205 e. The number of terminal acetylenes is 1. The molecule has 22 heavy (non-hydrogen) atoms. The molecule has 0 amide bonds. The molecule has 0 saturated heterocycles. The van der Waals surface area contributed by atoms with E-state index in [2.05, 4.69) is 59.6 Å². The molecule has 1 fully saturated rings. The predicted molar refractivity (Wildman–Crippen MR) is 104 cm³/mol. The van der Waals surface area contributed by atoms with Crippen LogP contribution in [0.1, 0.15) is 98.8 Å². The van der Waals surface area contributed by atoms with Crippen molar-refractivity contribution in [3.8, 4) is 12.8 Å². The lowest BCUT2D eigenvalue weighted by atomic mass is 9.89. The molecule has 1 saturated carbocycles. The Morgan fingerprint density at radius 1 is 0.864 bits per heavy atom. The van der Waals surface area contributed by atoms with E-state index >= 15 is 0 Å². The van der Waals surface area contributed by atoms with Gasteiger partial charge >= 0.3 is 0 Å². The molecular weight excluding hydrogens is 264 g/mol. The molecule has 130 valence electrons. The summed E-state index contributed by atoms with van der Waals surface area (Å²) in [5, 5.41) is 0. The summed E-state index contributed by atoms with van der Waals surface area (Å²) in [5.41, 5.74) is 0.